The van der Waals surface area contributed by atoms with Crippen LogP contribution in [0.5, 0.6) is 17.2 Å². The van der Waals surface area contributed by atoms with E-state index in [2.05, 4.69) is 39.2 Å². The lowest BCUT2D eigenvalue weighted by atomic mass is 10.1. The van der Waals surface area contributed by atoms with Gasteiger partial charge in [-0.25, -0.2) is 5.43 Å². The maximum absolute atomic E-state index is 12.5. The molecule has 9 heteroatoms. The van der Waals surface area contributed by atoms with Crippen LogP contribution in [0.25, 0.3) is 11.0 Å². The third kappa shape index (κ3) is 5.78. The molecule has 8 nitrogen and oxygen atoms in total. The molecule has 1 aromatic heterocycles. The van der Waals surface area contributed by atoms with Gasteiger partial charge in [0.25, 0.3) is 0 Å². The summed E-state index contributed by atoms with van der Waals surface area (Å²) in [5.41, 5.74) is 5.11. The van der Waals surface area contributed by atoms with Crippen LogP contribution in [-0.4, -0.2) is 25.8 Å². The molecule has 0 aliphatic carbocycles. The fourth-order valence-electron chi connectivity index (χ4n) is 3.47. The molecule has 4 rings (SSSR count). The zero-order valence-electron chi connectivity index (χ0n) is 19.6. The SMILES string of the molecule is CCOc1ccc2oc(C(=O)N/N=C/c3cc(I)c(OCc4ccccc4C#N)c(OC)c3)cc2c1. The highest BCUT2D eigenvalue weighted by Gasteiger charge is 2.14. The van der Waals surface area contributed by atoms with Gasteiger partial charge in [-0.3, -0.25) is 4.79 Å². The molecule has 4 aromatic rings. The van der Waals surface area contributed by atoms with Crippen LogP contribution in [-0.2, 0) is 6.61 Å². The molecule has 0 saturated carbocycles. The summed E-state index contributed by atoms with van der Waals surface area (Å²) in [7, 11) is 1.54. The number of benzene rings is 3. The second-order valence-corrected chi connectivity index (χ2v) is 8.70. The van der Waals surface area contributed by atoms with Crippen LogP contribution < -0.4 is 19.6 Å². The number of rotatable bonds is 9. The van der Waals surface area contributed by atoms with Crippen molar-refractivity contribution >= 4 is 45.7 Å². The maximum atomic E-state index is 12.5. The van der Waals surface area contributed by atoms with Crippen LogP contribution in [0.3, 0.4) is 0 Å². The van der Waals surface area contributed by atoms with Crippen molar-refractivity contribution < 1.29 is 23.4 Å². The fraction of sp³-hybridized carbons (Fsp3) is 0.148. The number of hydrazone groups is 1. The van der Waals surface area contributed by atoms with Gasteiger partial charge in [0.15, 0.2) is 17.3 Å². The van der Waals surface area contributed by atoms with Crippen LogP contribution in [0.15, 0.2) is 70.2 Å². The van der Waals surface area contributed by atoms with E-state index in [1.54, 1.807) is 37.4 Å². The van der Waals surface area contributed by atoms with E-state index in [0.29, 0.717) is 40.6 Å². The lowest BCUT2D eigenvalue weighted by Gasteiger charge is -2.14. The lowest BCUT2D eigenvalue weighted by molar-refractivity contribution is 0.0929. The number of amides is 1. The topological polar surface area (TPSA) is 106 Å². The van der Waals surface area contributed by atoms with Crippen molar-refractivity contribution in [3.8, 4) is 23.3 Å². The zero-order chi connectivity index (χ0) is 25.5. The van der Waals surface area contributed by atoms with Crippen LogP contribution in [0.1, 0.15) is 34.2 Å². The number of ether oxygens (including phenoxy) is 3. The molecule has 0 atom stereocenters. The van der Waals surface area contributed by atoms with Gasteiger partial charge in [-0.15, -0.1) is 0 Å². The largest absolute Gasteiger partial charge is 0.494 e. The number of hydrogen-bond acceptors (Lipinski definition) is 7. The van der Waals surface area contributed by atoms with E-state index >= 15 is 0 Å². The number of carbonyl (C=O) groups excluding carboxylic acids is 1. The van der Waals surface area contributed by atoms with Crippen molar-refractivity contribution in [1.29, 1.82) is 5.26 Å². The Kier molecular flexibility index (Phi) is 8.07. The Bertz CT molecular complexity index is 1470. The highest BCUT2D eigenvalue weighted by molar-refractivity contribution is 14.1. The Labute approximate surface area is 221 Å². The van der Waals surface area contributed by atoms with E-state index in [9.17, 15) is 10.1 Å². The predicted octanol–water partition coefficient (Wildman–Crippen LogP) is 5.66. The number of carbonyl (C=O) groups is 1. The third-order valence-electron chi connectivity index (χ3n) is 5.16. The van der Waals surface area contributed by atoms with Crippen LogP contribution in [0, 0.1) is 14.9 Å². The molecular formula is C27H22IN3O5. The minimum Gasteiger partial charge on any atom is -0.494 e. The normalized spacial score (nSPS) is 10.8. The van der Waals surface area contributed by atoms with Gasteiger partial charge >= 0.3 is 5.91 Å². The van der Waals surface area contributed by atoms with E-state index in [4.69, 9.17) is 18.6 Å². The van der Waals surface area contributed by atoms with E-state index in [0.717, 1.165) is 14.5 Å². The van der Waals surface area contributed by atoms with Crippen molar-refractivity contribution in [2.45, 2.75) is 13.5 Å². The Balaban J connectivity index is 1.44. The highest BCUT2D eigenvalue weighted by atomic mass is 127. The monoisotopic (exact) mass is 595 g/mol. The van der Waals surface area contributed by atoms with E-state index in [1.165, 1.54) is 6.21 Å². The number of halogens is 1. The van der Waals surface area contributed by atoms with Crippen molar-refractivity contribution in [3.63, 3.8) is 0 Å². The Morgan fingerprint density at radius 2 is 2.00 bits per heavy atom. The van der Waals surface area contributed by atoms with Crippen LogP contribution in [0.4, 0.5) is 0 Å². The molecule has 0 aliphatic heterocycles. The molecule has 36 heavy (non-hydrogen) atoms. The lowest BCUT2D eigenvalue weighted by Crippen LogP contribution is -2.16. The molecule has 0 fully saturated rings. The number of furan rings is 1. The van der Waals surface area contributed by atoms with Gasteiger partial charge in [-0.2, -0.15) is 10.4 Å². The molecule has 182 valence electrons. The molecule has 0 unspecified atom stereocenters. The minimum absolute atomic E-state index is 0.143. The first-order chi connectivity index (χ1) is 17.5. The molecular weight excluding hydrogens is 573 g/mol. The first-order valence-electron chi connectivity index (χ1n) is 11.0. The Morgan fingerprint density at radius 3 is 2.78 bits per heavy atom. The van der Waals surface area contributed by atoms with Gasteiger partial charge < -0.3 is 18.6 Å². The number of fused-ring (bicyclic) bond motifs is 1. The molecule has 0 saturated heterocycles. The molecule has 0 spiro atoms. The van der Waals surface area contributed by atoms with Gasteiger partial charge in [0.05, 0.1) is 35.1 Å². The van der Waals surface area contributed by atoms with E-state index in [1.807, 2.05) is 37.3 Å². The summed E-state index contributed by atoms with van der Waals surface area (Å²) in [6.45, 7) is 2.68. The summed E-state index contributed by atoms with van der Waals surface area (Å²) in [5.74, 6) is 1.44. The summed E-state index contributed by atoms with van der Waals surface area (Å²) in [6, 6.07) is 20.0. The zero-order valence-corrected chi connectivity index (χ0v) is 21.7. The Morgan fingerprint density at radius 1 is 1.17 bits per heavy atom. The standard InChI is InChI=1S/C27H22IN3O5/c1-3-34-21-8-9-23-20(12-21)13-25(36-23)27(32)31-30-15-17-10-22(28)26(24(11-17)33-2)35-16-19-7-5-4-6-18(19)14-29/h4-13,15H,3,16H2,1-2H3,(H,31,32)/b30-15+. The summed E-state index contributed by atoms with van der Waals surface area (Å²) in [5, 5.41) is 14.1. The molecule has 3 aromatic carbocycles. The smallest absolute Gasteiger partial charge is 0.307 e. The van der Waals surface area contributed by atoms with Gasteiger partial charge in [0, 0.05) is 10.9 Å². The number of nitrogens with one attached hydrogen (secondary N) is 1. The average molecular weight is 595 g/mol. The predicted molar refractivity (Wildman–Crippen MR) is 144 cm³/mol. The fourth-order valence-corrected chi connectivity index (χ4v) is 4.25. The Hall–Kier alpha value is -4.04. The van der Waals surface area contributed by atoms with Gasteiger partial charge in [-0.05, 0) is 77.5 Å². The summed E-state index contributed by atoms with van der Waals surface area (Å²) in [6.07, 6.45) is 1.51. The summed E-state index contributed by atoms with van der Waals surface area (Å²) in [4.78, 5) is 12.5. The second kappa shape index (κ2) is 11.6. The highest BCUT2D eigenvalue weighted by Crippen LogP contribution is 2.34. The molecule has 1 heterocycles. The molecule has 0 radical (unpaired) electrons. The van der Waals surface area contributed by atoms with Crippen molar-refractivity contribution in [3.05, 3.63) is 86.7 Å². The van der Waals surface area contributed by atoms with Crippen molar-refractivity contribution in [1.82, 2.24) is 5.43 Å². The van der Waals surface area contributed by atoms with Crippen LogP contribution >= 0.6 is 22.6 Å². The van der Waals surface area contributed by atoms with E-state index in [-0.39, 0.29) is 12.4 Å². The number of methoxy groups -OCH3 is 1. The van der Waals surface area contributed by atoms with Gasteiger partial charge in [0.1, 0.15) is 17.9 Å². The number of nitrogens with zero attached hydrogens (tertiary/aromatic N) is 2. The maximum Gasteiger partial charge on any atom is 0.307 e. The molecule has 0 bridgehead atoms. The van der Waals surface area contributed by atoms with Crippen molar-refractivity contribution in [2.24, 2.45) is 5.10 Å². The quantitative estimate of drug-likeness (QED) is 0.152. The van der Waals surface area contributed by atoms with Gasteiger partial charge in [0.2, 0.25) is 0 Å². The average Bonchev–Trinajstić information content (AvgIpc) is 3.32. The first-order valence-corrected chi connectivity index (χ1v) is 12.1. The second-order valence-electron chi connectivity index (χ2n) is 7.53. The third-order valence-corrected chi connectivity index (χ3v) is 5.97. The summed E-state index contributed by atoms with van der Waals surface area (Å²) < 4.78 is 23.4. The number of nitriles is 1. The summed E-state index contributed by atoms with van der Waals surface area (Å²) >= 11 is 2.14. The van der Waals surface area contributed by atoms with Crippen LogP contribution in [0.2, 0.25) is 0 Å². The molecule has 1 N–H and O–H groups in total. The van der Waals surface area contributed by atoms with Gasteiger partial charge in [-0.1, -0.05) is 18.2 Å². The van der Waals surface area contributed by atoms with E-state index < -0.39 is 5.91 Å². The molecule has 0 aliphatic rings. The first kappa shape index (κ1) is 25.1. The van der Waals surface area contributed by atoms with Crippen molar-refractivity contribution in [2.75, 3.05) is 13.7 Å². The number of hydrogen-bond donors (Lipinski definition) is 1. The minimum atomic E-state index is -0.474. The molecule has 1 amide bonds.